The van der Waals surface area contributed by atoms with Crippen molar-refractivity contribution in [3.05, 3.63) is 76.4 Å². The number of aliphatic imine (C=N–C) groups is 1. The van der Waals surface area contributed by atoms with E-state index < -0.39 is 0 Å². The third kappa shape index (κ3) is 5.71. The van der Waals surface area contributed by atoms with Crippen LogP contribution in [0.5, 0.6) is 0 Å². The average Bonchev–Trinajstić information content (AvgIpc) is 3.43. The largest absolute Gasteiger partial charge is 0.459 e. The summed E-state index contributed by atoms with van der Waals surface area (Å²) in [6.07, 6.45) is 1.48. The van der Waals surface area contributed by atoms with E-state index in [2.05, 4.69) is 52.3 Å². The van der Waals surface area contributed by atoms with Crippen molar-refractivity contribution < 1.29 is 9.21 Å². The van der Waals surface area contributed by atoms with E-state index in [1.54, 1.807) is 30.5 Å². The van der Waals surface area contributed by atoms with Gasteiger partial charge in [-0.05, 0) is 41.3 Å². The molecule has 0 unspecified atom stereocenters. The molecule has 1 aromatic carbocycles. The number of amides is 1. The molecule has 1 amide bonds. The Morgan fingerprint density at radius 2 is 1.90 bits per heavy atom. The molecule has 0 aliphatic rings. The lowest BCUT2D eigenvalue weighted by molar-refractivity contribution is 0.0996. The van der Waals surface area contributed by atoms with Crippen molar-refractivity contribution in [1.82, 2.24) is 10.6 Å². The van der Waals surface area contributed by atoms with Crippen molar-refractivity contribution in [1.29, 1.82) is 0 Å². The summed E-state index contributed by atoms with van der Waals surface area (Å²) in [6, 6.07) is 15.2. The first-order valence-corrected chi connectivity index (χ1v) is 10.3. The molecule has 0 radical (unpaired) electrons. The predicted octanol–water partition coefficient (Wildman–Crippen LogP) is 4.24. The topological polar surface area (TPSA) is 78.7 Å². The third-order valence-electron chi connectivity index (χ3n) is 4.53. The average molecular weight is 411 g/mol. The van der Waals surface area contributed by atoms with E-state index in [4.69, 9.17) is 4.42 Å². The number of hydrogen-bond acceptors (Lipinski definition) is 4. The van der Waals surface area contributed by atoms with Crippen molar-refractivity contribution in [3.8, 4) is 0 Å². The smallest absolute Gasteiger partial charge is 0.291 e. The van der Waals surface area contributed by atoms with Gasteiger partial charge in [0, 0.05) is 36.1 Å². The van der Waals surface area contributed by atoms with Gasteiger partial charge in [-0.1, -0.05) is 32.0 Å². The molecule has 0 spiro atoms. The highest BCUT2D eigenvalue weighted by Gasteiger charge is 2.21. The first kappa shape index (κ1) is 20.7. The van der Waals surface area contributed by atoms with E-state index in [-0.39, 0.29) is 17.1 Å². The number of carbonyl (C=O) groups is 1. The van der Waals surface area contributed by atoms with Gasteiger partial charge in [-0.15, -0.1) is 11.3 Å². The highest BCUT2D eigenvalue weighted by atomic mass is 32.1. The highest BCUT2D eigenvalue weighted by Crippen LogP contribution is 2.26. The Morgan fingerprint density at radius 3 is 2.52 bits per heavy atom. The van der Waals surface area contributed by atoms with E-state index in [9.17, 15) is 4.79 Å². The molecule has 2 heterocycles. The number of furan rings is 1. The Morgan fingerprint density at radius 1 is 1.10 bits per heavy atom. The molecule has 0 aliphatic carbocycles. The summed E-state index contributed by atoms with van der Waals surface area (Å²) < 4.78 is 5.10. The van der Waals surface area contributed by atoms with Crippen molar-refractivity contribution in [3.63, 3.8) is 0 Å². The van der Waals surface area contributed by atoms with Crippen LogP contribution in [0.25, 0.3) is 0 Å². The number of anilines is 1. The Labute approximate surface area is 175 Å². The van der Waals surface area contributed by atoms with Crippen LogP contribution in [0.2, 0.25) is 0 Å². The summed E-state index contributed by atoms with van der Waals surface area (Å²) in [4.78, 5) is 17.7. The molecule has 0 bridgehead atoms. The van der Waals surface area contributed by atoms with E-state index in [1.807, 2.05) is 24.3 Å². The molecule has 0 atom stereocenters. The number of nitrogens with zero attached hydrogens (tertiary/aromatic N) is 1. The Balaban J connectivity index is 1.49. The minimum absolute atomic E-state index is 0.0274. The molecule has 3 aromatic rings. The van der Waals surface area contributed by atoms with E-state index in [0.29, 0.717) is 6.54 Å². The van der Waals surface area contributed by atoms with Crippen LogP contribution in [0.4, 0.5) is 5.69 Å². The Hall–Kier alpha value is -3.06. The summed E-state index contributed by atoms with van der Waals surface area (Å²) in [7, 11) is 1.76. The summed E-state index contributed by atoms with van der Waals surface area (Å²) in [6.45, 7) is 5.85. The van der Waals surface area contributed by atoms with Crippen LogP contribution in [-0.2, 0) is 12.0 Å². The molecule has 152 valence electrons. The van der Waals surface area contributed by atoms with Crippen molar-refractivity contribution >= 4 is 28.9 Å². The molecule has 29 heavy (non-hydrogen) atoms. The summed E-state index contributed by atoms with van der Waals surface area (Å²) in [5.41, 5.74) is 1.83. The van der Waals surface area contributed by atoms with E-state index in [0.717, 1.165) is 23.8 Å². The normalized spacial score (nSPS) is 11.9. The van der Waals surface area contributed by atoms with Crippen molar-refractivity contribution in [2.75, 3.05) is 18.9 Å². The second kappa shape index (κ2) is 9.43. The first-order valence-electron chi connectivity index (χ1n) is 9.40. The number of guanidine groups is 1. The minimum atomic E-state index is -0.265. The monoisotopic (exact) mass is 410 g/mol. The van der Waals surface area contributed by atoms with E-state index in [1.165, 1.54) is 11.1 Å². The molecule has 2 aromatic heterocycles. The SMILES string of the molecule is CN=C(NCc1ccc(NC(=O)c2ccco2)cc1)NCC(C)(C)c1cccs1. The summed E-state index contributed by atoms with van der Waals surface area (Å²) >= 11 is 1.77. The number of rotatable bonds is 7. The molecule has 0 saturated carbocycles. The van der Waals surface area contributed by atoms with Gasteiger partial charge in [0.2, 0.25) is 0 Å². The zero-order chi connectivity index (χ0) is 20.7. The lowest BCUT2D eigenvalue weighted by Crippen LogP contribution is -2.42. The van der Waals surface area contributed by atoms with Gasteiger partial charge < -0.3 is 20.4 Å². The maximum atomic E-state index is 12.0. The van der Waals surface area contributed by atoms with Crippen molar-refractivity contribution in [2.24, 2.45) is 4.99 Å². The fraction of sp³-hybridized carbons (Fsp3) is 0.273. The fourth-order valence-corrected chi connectivity index (χ4v) is 3.62. The van der Waals surface area contributed by atoms with Gasteiger partial charge in [0.15, 0.2) is 11.7 Å². The van der Waals surface area contributed by atoms with Crippen LogP contribution >= 0.6 is 11.3 Å². The van der Waals surface area contributed by atoms with Crippen LogP contribution in [0, 0.1) is 0 Å². The number of benzene rings is 1. The molecule has 6 nitrogen and oxygen atoms in total. The molecule has 3 rings (SSSR count). The molecular formula is C22H26N4O2S. The van der Waals surface area contributed by atoms with Crippen LogP contribution in [0.3, 0.4) is 0 Å². The van der Waals surface area contributed by atoms with Gasteiger partial charge in [-0.3, -0.25) is 9.79 Å². The van der Waals surface area contributed by atoms with Gasteiger partial charge in [0.1, 0.15) is 0 Å². The quantitative estimate of drug-likeness (QED) is 0.402. The first-order chi connectivity index (χ1) is 14.0. The molecule has 3 N–H and O–H groups in total. The van der Waals surface area contributed by atoms with Crippen molar-refractivity contribution in [2.45, 2.75) is 25.8 Å². The second-order valence-electron chi connectivity index (χ2n) is 7.27. The van der Waals surface area contributed by atoms with Gasteiger partial charge in [0.25, 0.3) is 5.91 Å². The summed E-state index contributed by atoms with van der Waals surface area (Å²) in [5.74, 6) is 0.778. The zero-order valence-corrected chi connectivity index (χ0v) is 17.7. The second-order valence-corrected chi connectivity index (χ2v) is 8.22. The number of carbonyl (C=O) groups excluding carboxylic acids is 1. The maximum absolute atomic E-state index is 12.0. The lowest BCUT2D eigenvalue weighted by Gasteiger charge is -2.25. The van der Waals surface area contributed by atoms with Gasteiger partial charge in [0.05, 0.1) is 6.26 Å². The predicted molar refractivity (Wildman–Crippen MR) is 119 cm³/mol. The summed E-state index contributed by atoms with van der Waals surface area (Å²) in [5, 5.41) is 11.6. The molecule has 7 heteroatoms. The fourth-order valence-electron chi connectivity index (χ4n) is 2.77. The lowest BCUT2D eigenvalue weighted by atomic mass is 9.91. The third-order valence-corrected chi connectivity index (χ3v) is 5.76. The highest BCUT2D eigenvalue weighted by molar-refractivity contribution is 7.10. The Kier molecular flexibility index (Phi) is 6.72. The van der Waals surface area contributed by atoms with Gasteiger partial charge in [-0.25, -0.2) is 0 Å². The van der Waals surface area contributed by atoms with Gasteiger partial charge >= 0.3 is 0 Å². The molecule has 0 aliphatic heterocycles. The number of thiophene rings is 1. The Bertz CT molecular complexity index is 930. The van der Waals surface area contributed by atoms with Crippen LogP contribution in [0.15, 0.2) is 69.6 Å². The molecule has 0 saturated heterocycles. The number of hydrogen-bond donors (Lipinski definition) is 3. The minimum Gasteiger partial charge on any atom is -0.459 e. The van der Waals surface area contributed by atoms with Crippen LogP contribution in [-0.4, -0.2) is 25.5 Å². The van der Waals surface area contributed by atoms with Crippen LogP contribution in [0.1, 0.15) is 34.8 Å². The maximum Gasteiger partial charge on any atom is 0.291 e. The molecule has 0 fully saturated rings. The van der Waals surface area contributed by atoms with E-state index >= 15 is 0 Å². The standard InChI is InChI=1S/C22H26N4O2S/c1-22(2,19-7-5-13-29-19)15-25-21(23-3)24-14-16-8-10-17(11-9-16)26-20(27)18-6-4-12-28-18/h4-13H,14-15H2,1-3H3,(H,26,27)(H2,23,24,25). The number of nitrogens with one attached hydrogen (secondary N) is 3. The molecular weight excluding hydrogens is 384 g/mol. The van der Waals surface area contributed by atoms with Crippen LogP contribution < -0.4 is 16.0 Å². The zero-order valence-electron chi connectivity index (χ0n) is 16.9. The van der Waals surface area contributed by atoms with Gasteiger partial charge in [-0.2, -0.15) is 0 Å².